The largest absolute Gasteiger partial charge is 0.481 e. The summed E-state index contributed by atoms with van der Waals surface area (Å²) in [6.07, 6.45) is 4.37. The van der Waals surface area contributed by atoms with E-state index in [-0.39, 0.29) is 24.2 Å². The molecule has 3 rings (SSSR count). The SMILES string of the molecule is O=C(O)CC(O)CC(=O)/C=C/[C@@]12CC[C@@H](C[C@@H]1COCc1ccccc1)O2. The smallest absolute Gasteiger partial charge is 0.305 e. The fourth-order valence-electron chi connectivity index (χ4n) is 3.97. The van der Waals surface area contributed by atoms with Crippen LogP contribution in [0.2, 0.25) is 0 Å². The molecule has 0 spiro atoms. The minimum absolute atomic E-state index is 0.188. The zero-order valence-corrected chi connectivity index (χ0v) is 15.3. The van der Waals surface area contributed by atoms with Crippen LogP contribution in [0.5, 0.6) is 0 Å². The van der Waals surface area contributed by atoms with Gasteiger partial charge in [0.15, 0.2) is 5.78 Å². The van der Waals surface area contributed by atoms with Crippen LogP contribution in [0, 0.1) is 5.92 Å². The second-order valence-corrected chi connectivity index (χ2v) is 7.42. The van der Waals surface area contributed by atoms with Crippen LogP contribution in [0.4, 0.5) is 0 Å². The molecule has 0 radical (unpaired) electrons. The third-order valence-electron chi connectivity index (χ3n) is 5.31. The molecule has 2 N–H and O–H groups in total. The Kier molecular flexibility index (Phi) is 6.42. The number of ether oxygens (including phenoxy) is 2. The Balaban J connectivity index is 1.53. The van der Waals surface area contributed by atoms with Gasteiger partial charge >= 0.3 is 5.97 Å². The lowest BCUT2D eigenvalue weighted by Gasteiger charge is -2.29. The molecule has 1 unspecified atom stereocenters. The second-order valence-electron chi connectivity index (χ2n) is 7.42. The van der Waals surface area contributed by atoms with Gasteiger partial charge in [-0.2, -0.15) is 0 Å². The number of hydrogen-bond acceptors (Lipinski definition) is 5. The number of carbonyl (C=O) groups excluding carboxylic acids is 1. The molecular formula is C21H26O6. The highest BCUT2D eigenvalue weighted by Gasteiger charge is 2.51. The van der Waals surface area contributed by atoms with Crippen LogP contribution in [-0.4, -0.2) is 46.4 Å². The molecule has 27 heavy (non-hydrogen) atoms. The van der Waals surface area contributed by atoms with Gasteiger partial charge in [0.2, 0.25) is 0 Å². The molecule has 0 saturated carbocycles. The van der Waals surface area contributed by atoms with E-state index in [9.17, 15) is 14.7 Å². The predicted octanol–water partition coefficient (Wildman–Crippen LogP) is 2.49. The van der Waals surface area contributed by atoms with Gasteiger partial charge in [-0.3, -0.25) is 9.59 Å². The van der Waals surface area contributed by atoms with Crippen molar-refractivity contribution in [1.82, 2.24) is 0 Å². The molecule has 2 heterocycles. The number of fused-ring (bicyclic) bond motifs is 2. The van der Waals surface area contributed by atoms with Crippen LogP contribution in [-0.2, 0) is 25.7 Å². The Bertz CT molecular complexity index is 685. The van der Waals surface area contributed by atoms with Gasteiger partial charge in [-0.15, -0.1) is 0 Å². The standard InChI is InChI=1S/C21H26O6/c22-17(11-18(23)12-20(24)25)6-8-21-9-7-19(27-21)10-16(21)14-26-13-15-4-2-1-3-5-15/h1-6,8,16,18-19,23H,7,9-14H2,(H,24,25)/b8-6+/t16-,18?,19+,21-/m1/s1. The number of ketones is 1. The summed E-state index contributed by atoms with van der Waals surface area (Å²) >= 11 is 0. The molecule has 4 atom stereocenters. The first-order valence-electron chi connectivity index (χ1n) is 9.38. The molecule has 0 aliphatic carbocycles. The lowest BCUT2D eigenvalue weighted by atomic mass is 9.78. The number of carbonyl (C=O) groups is 2. The molecule has 1 aromatic rings. The summed E-state index contributed by atoms with van der Waals surface area (Å²) in [6.45, 7) is 1.10. The Labute approximate surface area is 158 Å². The van der Waals surface area contributed by atoms with Crippen LogP contribution in [0.25, 0.3) is 0 Å². The van der Waals surface area contributed by atoms with Crippen LogP contribution in [0.1, 0.15) is 37.7 Å². The highest BCUT2D eigenvalue weighted by Crippen LogP contribution is 2.48. The average molecular weight is 374 g/mol. The van der Waals surface area contributed by atoms with Gasteiger partial charge in [0.1, 0.15) is 0 Å². The van der Waals surface area contributed by atoms with Crippen molar-refractivity contribution in [2.45, 2.75) is 56.5 Å². The Morgan fingerprint density at radius 1 is 1.30 bits per heavy atom. The van der Waals surface area contributed by atoms with Crippen molar-refractivity contribution in [3.63, 3.8) is 0 Å². The normalized spacial score (nSPS) is 27.9. The lowest BCUT2D eigenvalue weighted by molar-refractivity contribution is -0.139. The van der Waals surface area contributed by atoms with Crippen molar-refractivity contribution in [3.05, 3.63) is 48.0 Å². The molecule has 0 aromatic heterocycles. The Morgan fingerprint density at radius 3 is 2.78 bits per heavy atom. The van der Waals surface area contributed by atoms with Crippen LogP contribution < -0.4 is 0 Å². The van der Waals surface area contributed by atoms with Gasteiger partial charge in [0.05, 0.1) is 37.4 Å². The molecular weight excluding hydrogens is 348 g/mol. The van der Waals surface area contributed by atoms with Crippen LogP contribution in [0.3, 0.4) is 0 Å². The van der Waals surface area contributed by atoms with Crippen LogP contribution >= 0.6 is 0 Å². The van der Waals surface area contributed by atoms with Gasteiger partial charge in [-0.1, -0.05) is 30.3 Å². The number of carboxylic acid groups (broad SMARTS) is 1. The molecule has 2 saturated heterocycles. The highest BCUT2D eigenvalue weighted by atomic mass is 16.5. The summed E-state index contributed by atoms with van der Waals surface area (Å²) in [5.74, 6) is -1.22. The third-order valence-corrected chi connectivity index (χ3v) is 5.31. The molecule has 2 fully saturated rings. The minimum Gasteiger partial charge on any atom is -0.481 e. The Morgan fingerprint density at radius 2 is 2.07 bits per heavy atom. The number of benzene rings is 1. The van der Waals surface area contributed by atoms with E-state index in [0.717, 1.165) is 24.8 Å². The molecule has 2 bridgehead atoms. The molecule has 2 aliphatic rings. The van der Waals surface area contributed by atoms with Gasteiger partial charge in [-0.05, 0) is 37.0 Å². The number of rotatable bonds is 10. The lowest BCUT2D eigenvalue weighted by Crippen LogP contribution is -2.35. The van der Waals surface area contributed by atoms with E-state index >= 15 is 0 Å². The number of allylic oxidation sites excluding steroid dienone is 1. The summed E-state index contributed by atoms with van der Waals surface area (Å²) in [6, 6.07) is 9.97. The first kappa shape index (κ1) is 19.7. The van der Waals surface area contributed by atoms with E-state index < -0.39 is 24.1 Å². The molecule has 2 aliphatic heterocycles. The third kappa shape index (κ3) is 5.25. The Hall–Kier alpha value is -2.02. The zero-order valence-electron chi connectivity index (χ0n) is 15.3. The van der Waals surface area contributed by atoms with Crippen molar-refractivity contribution in [2.75, 3.05) is 6.61 Å². The summed E-state index contributed by atoms with van der Waals surface area (Å²) in [5, 5.41) is 18.3. The maximum absolute atomic E-state index is 12.0. The predicted molar refractivity (Wildman–Crippen MR) is 98.1 cm³/mol. The summed E-state index contributed by atoms with van der Waals surface area (Å²) in [4.78, 5) is 22.6. The van der Waals surface area contributed by atoms with E-state index in [2.05, 4.69) is 0 Å². The van der Waals surface area contributed by atoms with Crippen LogP contribution in [0.15, 0.2) is 42.5 Å². The number of hydrogen-bond donors (Lipinski definition) is 2. The summed E-state index contributed by atoms with van der Waals surface area (Å²) < 4.78 is 12.0. The number of carboxylic acids is 1. The van der Waals surface area contributed by atoms with Crippen molar-refractivity contribution < 1.29 is 29.3 Å². The van der Waals surface area contributed by atoms with Gasteiger partial charge in [0.25, 0.3) is 0 Å². The number of aliphatic hydroxyl groups is 1. The van der Waals surface area contributed by atoms with Gasteiger partial charge in [0, 0.05) is 12.3 Å². The van der Waals surface area contributed by atoms with Crippen molar-refractivity contribution >= 4 is 11.8 Å². The summed E-state index contributed by atoms with van der Waals surface area (Å²) in [7, 11) is 0. The zero-order chi connectivity index (χ0) is 19.3. The van der Waals surface area contributed by atoms with E-state index in [1.165, 1.54) is 6.08 Å². The topological polar surface area (TPSA) is 93.1 Å². The molecule has 146 valence electrons. The quantitative estimate of drug-likeness (QED) is 0.611. The molecule has 0 amide bonds. The van der Waals surface area contributed by atoms with E-state index in [1.54, 1.807) is 6.08 Å². The van der Waals surface area contributed by atoms with E-state index in [1.807, 2.05) is 30.3 Å². The maximum Gasteiger partial charge on any atom is 0.305 e. The highest BCUT2D eigenvalue weighted by molar-refractivity contribution is 5.90. The molecule has 1 aromatic carbocycles. The first-order chi connectivity index (χ1) is 13.0. The number of aliphatic carboxylic acids is 1. The fraction of sp³-hybridized carbons (Fsp3) is 0.524. The van der Waals surface area contributed by atoms with Crippen molar-refractivity contribution in [3.8, 4) is 0 Å². The monoisotopic (exact) mass is 374 g/mol. The first-order valence-corrected chi connectivity index (χ1v) is 9.38. The van der Waals surface area contributed by atoms with E-state index in [4.69, 9.17) is 14.6 Å². The van der Waals surface area contributed by atoms with Crippen molar-refractivity contribution in [1.29, 1.82) is 0 Å². The number of aliphatic hydroxyl groups excluding tert-OH is 1. The second kappa shape index (κ2) is 8.78. The van der Waals surface area contributed by atoms with E-state index in [0.29, 0.717) is 13.2 Å². The van der Waals surface area contributed by atoms with Crippen molar-refractivity contribution in [2.24, 2.45) is 5.92 Å². The molecule has 6 nitrogen and oxygen atoms in total. The van der Waals surface area contributed by atoms with Gasteiger partial charge < -0.3 is 19.7 Å². The molecule has 6 heteroatoms. The fourth-order valence-corrected chi connectivity index (χ4v) is 3.97. The summed E-state index contributed by atoms with van der Waals surface area (Å²) in [5.41, 5.74) is 0.628. The maximum atomic E-state index is 12.0. The van der Waals surface area contributed by atoms with Gasteiger partial charge in [-0.25, -0.2) is 0 Å². The average Bonchev–Trinajstić information content (AvgIpc) is 3.19. The minimum atomic E-state index is -1.16.